The summed E-state index contributed by atoms with van der Waals surface area (Å²) in [5.74, 6) is 0.00865. The lowest BCUT2D eigenvalue weighted by Crippen LogP contribution is -2.34. The monoisotopic (exact) mass is 369 g/mol. The Kier molecular flexibility index (Phi) is 4.37. The minimum atomic E-state index is -4.73. The summed E-state index contributed by atoms with van der Waals surface area (Å²) >= 11 is -2.07. The first kappa shape index (κ1) is 16.7. The summed E-state index contributed by atoms with van der Waals surface area (Å²) in [6, 6.07) is 1.35. The molecule has 2 aliphatic rings. The number of nitrogens with two attached hydrogens (primary N) is 1. The first-order valence-electron chi connectivity index (χ1n) is 6.21. The van der Waals surface area contributed by atoms with Gasteiger partial charge in [-0.2, -0.15) is 9.19 Å². The molecule has 2 aliphatic heterocycles. The van der Waals surface area contributed by atoms with Crippen LogP contribution in [-0.4, -0.2) is 48.5 Å². The van der Waals surface area contributed by atoms with Gasteiger partial charge in [0, 0.05) is 6.20 Å². The highest BCUT2D eigenvalue weighted by atomic mass is 32.2. The van der Waals surface area contributed by atoms with Crippen LogP contribution < -0.4 is 11.4 Å². The van der Waals surface area contributed by atoms with Gasteiger partial charge in [0.05, 0.1) is 6.61 Å². The molecule has 0 bridgehead atoms. The maximum atomic E-state index is 11.9. The van der Waals surface area contributed by atoms with Gasteiger partial charge in [0.25, 0.3) is 0 Å². The number of rotatable bonds is 4. The van der Waals surface area contributed by atoms with Crippen molar-refractivity contribution >= 4 is 25.0 Å². The van der Waals surface area contributed by atoms with Gasteiger partial charge in [-0.05, 0) is 6.07 Å². The number of fused-ring (bicyclic) bond motifs is 1. The van der Waals surface area contributed by atoms with Crippen molar-refractivity contribution < 1.29 is 36.2 Å². The van der Waals surface area contributed by atoms with Gasteiger partial charge in [-0.25, -0.2) is 9.36 Å². The number of hydrogen-bond acceptors (Lipinski definition) is 9. The minimum Gasteiger partial charge on any atom is -0.383 e. The van der Waals surface area contributed by atoms with Crippen LogP contribution in [0.4, 0.5) is 5.82 Å². The summed E-state index contributed by atoms with van der Waals surface area (Å²) in [5, 5.41) is 0. The van der Waals surface area contributed by atoms with Crippen LogP contribution in [0.2, 0.25) is 0 Å². The van der Waals surface area contributed by atoms with Crippen LogP contribution in [0.15, 0.2) is 17.1 Å². The van der Waals surface area contributed by atoms with E-state index in [4.69, 9.17) is 28.6 Å². The minimum absolute atomic E-state index is 0.00865. The van der Waals surface area contributed by atoms with Crippen molar-refractivity contribution in [2.45, 2.75) is 24.5 Å². The van der Waals surface area contributed by atoms with E-state index in [0.29, 0.717) is 0 Å². The van der Waals surface area contributed by atoms with E-state index in [1.165, 1.54) is 12.3 Å². The predicted octanol–water partition coefficient (Wildman–Crippen LogP) is -1.81. The summed E-state index contributed by atoms with van der Waals surface area (Å²) in [6.45, 7) is -0.542. The van der Waals surface area contributed by atoms with E-state index in [9.17, 15) is 13.6 Å². The SMILES string of the molecule is Nc1ccn([C@@H]2O[C@H](COP(=O)(O)O)[C@H]3OS(=O)O[C@H]32)c(=O)n1. The third kappa shape index (κ3) is 3.51. The summed E-state index contributed by atoms with van der Waals surface area (Å²) in [7, 11) is -4.73. The Hall–Kier alpha value is -1.18. The van der Waals surface area contributed by atoms with Crippen molar-refractivity contribution in [1.82, 2.24) is 9.55 Å². The lowest BCUT2D eigenvalue weighted by Gasteiger charge is -2.18. The molecular formula is C9H12N3O9PS. The van der Waals surface area contributed by atoms with Crippen LogP contribution in [-0.2, 0) is 33.6 Å². The summed E-state index contributed by atoms with van der Waals surface area (Å²) in [4.78, 5) is 32.9. The normalized spacial score (nSPS) is 33.7. The van der Waals surface area contributed by atoms with E-state index in [-0.39, 0.29) is 5.82 Å². The lowest BCUT2D eigenvalue weighted by atomic mass is 10.1. The fourth-order valence-corrected chi connectivity index (χ4v) is 3.47. The highest BCUT2D eigenvalue weighted by molar-refractivity contribution is 7.75. The van der Waals surface area contributed by atoms with Crippen molar-refractivity contribution in [2.24, 2.45) is 0 Å². The smallest absolute Gasteiger partial charge is 0.383 e. The molecule has 0 amide bonds. The zero-order chi connectivity index (χ0) is 16.8. The average molecular weight is 369 g/mol. The van der Waals surface area contributed by atoms with Crippen molar-refractivity contribution in [3.8, 4) is 0 Å². The van der Waals surface area contributed by atoms with E-state index in [0.717, 1.165) is 4.57 Å². The second-order valence-corrected chi connectivity index (χ2v) is 6.75. The third-order valence-electron chi connectivity index (χ3n) is 3.20. The topological polar surface area (TPSA) is 172 Å². The van der Waals surface area contributed by atoms with Crippen LogP contribution in [0.3, 0.4) is 0 Å². The van der Waals surface area contributed by atoms with Gasteiger partial charge >= 0.3 is 24.9 Å². The molecule has 3 rings (SSSR count). The van der Waals surface area contributed by atoms with Crippen LogP contribution in [0.25, 0.3) is 0 Å². The fourth-order valence-electron chi connectivity index (χ4n) is 2.28. The molecule has 12 nitrogen and oxygen atoms in total. The zero-order valence-electron chi connectivity index (χ0n) is 11.3. The quantitative estimate of drug-likeness (QED) is 0.511. The molecule has 23 heavy (non-hydrogen) atoms. The number of ether oxygens (including phenoxy) is 1. The van der Waals surface area contributed by atoms with E-state index < -0.39 is 56.0 Å². The molecule has 2 fully saturated rings. The third-order valence-corrected chi connectivity index (χ3v) is 4.44. The maximum absolute atomic E-state index is 11.9. The highest BCUT2D eigenvalue weighted by Crippen LogP contribution is 2.41. The van der Waals surface area contributed by atoms with Gasteiger partial charge in [-0.15, -0.1) is 0 Å². The molecule has 1 aromatic rings. The largest absolute Gasteiger partial charge is 0.469 e. The molecule has 1 unspecified atom stereocenters. The average Bonchev–Trinajstić information content (AvgIpc) is 2.94. The van der Waals surface area contributed by atoms with Crippen LogP contribution >= 0.6 is 7.82 Å². The number of hydrogen-bond donors (Lipinski definition) is 3. The number of phosphoric ester groups is 1. The molecule has 14 heteroatoms. The Balaban J connectivity index is 1.85. The molecule has 0 radical (unpaired) electrons. The van der Waals surface area contributed by atoms with E-state index in [1.54, 1.807) is 0 Å². The Morgan fingerprint density at radius 3 is 2.78 bits per heavy atom. The van der Waals surface area contributed by atoms with E-state index in [1.807, 2.05) is 0 Å². The van der Waals surface area contributed by atoms with Gasteiger partial charge in [0.15, 0.2) is 12.3 Å². The molecule has 0 aromatic carbocycles. The number of nitrogen functional groups attached to an aromatic ring is 1. The van der Waals surface area contributed by atoms with Gasteiger partial charge < -0.3 is 20.3 Å². The Morgan fingerprint density at radius 2 is 2.13 bits per heavy atom. The number of phosphoric acid groups is 1. The summed E-state index contributed by atoms with van der Waals surface area (Å²) in [6.07, 6.45) is -2.63. The first-order valence-corrected chi connectivity index (χ1v) is 8.74. The van der Waals surface area contributed by atoms with Crippen molar-refractivity contribution in [3.63, 3.8) is 0 Å². The van der Waals surface area contributed by atoms with Crippen LogP contribution in [0, 0.1) is 0 Å². The number of anilines is 1. The van der Waals surface area contributed by atoms with Crippen LogP contribution in [0.1, 0.15) is 6.23 Å². The molecule has 0 saturated carbocycles. The molecule has 3 heterocycles. The van der Waals surface area contributed by atoms with Crippen molar-refractivity contribution in [3.05, 3.63) is 22.7 Å². The second-order valence-electron chi connectivity index (χ2n) is 4.72. The molecule has 0 aliphatic carbocycles. The Labute approximate surface area is 131 Å². The van der Waals surface area contributed by atoms with Crippen molar-refractivity contribution in [2.75, 3.05) is 12.3 Å². The number of aromatic nitrogens is 2. The summed E-state index contributed by atoms with van der Waals surface area (Å²) in [5.41, 5.74) is 4.67. The number of nitrogens with zero attached hydrogens (tertiary/aromatic N) is 2. The fraction of sp³-hybridized carbons (Fsp3) is 0.556. The highest BCUT2D eigenvalue weighted by Gasteiger charge is 2.54. The standard InChI is InChI=1S/C9H12N3O9PS/c10-5-1-2-12(9(13)11-5)8-7-6(20-23(17)21-7)4(19-8)3-18-22(14,15)16/h1-2,4,6-8H,3H2,(H2,10,11,13)(H2,14,15,16)/t4-,6-,7-,8-,23?/m1/s1. The van der Waals surface area contributed by atoms with E-state index in [2.05, 4.69) is 9.51 Å². The zero-order valence-corrected chi connectivity index (χ0v) is 13.0. The summed E-state index contributed by atoms with van der Waals surface area (Å²) < 4.78 is 43.2. The van der Waals surface area contributed by atoms with Gasteiger partial charge in [0.2, 0.25) is 0 Å². The van der Waals surface area contributed by atoms with Gasteiger partial charge in [0.1, 0.15) is 18.0 Å². The molecular weight excluding hydrogens is 357 g/mol. The Morgan fingerprint density at radius 1 is 1.43 bits per heavy atom. The first-order chi connectivity index (χ1) is 10.7. The molecule has 2 saturated heterocycles. The molecule has 4 N–H and O–H groups in total. The van der Waals surface area contributed by atoms with Gasteiger partial charge in [-0.3, -0.25) is 17.5 Å². The maximum Gasteiger partial charge on any atom is 0.469 e. The van der Waals surface area contributed by atoms with E-state index >= 15 is 0 Å². The van der Waals surface area contributed by atoms with Crippen LogP contribution in [0.5, 0.6) is 0 Å². The van der Waals surface area contributed by atoms with Crippen molar-refractivity contribution in [1.29, 1.82) is 0 Å². The second kappa shape index (κ2) is 6.03. The molecule has 0 spiro atoms. The molecule has 5 atom stereocenters. The van der Waals surface area contributed by atoms with Gasteiger partial charge in [-0.1, -0.05) is 0 Å². The Bertz CT molecular complexity index is 735. The molecule has 1 aromatic heterocycles. The predicted molar refractivity (Wildman–Crippen MR) is 72.7 cm³/mol. The molecule has 128 valence electrons. The lowest BCUT2D eigenvalue weighted by molar-refractivity contribution is -0.0553.